The molecule has 0 saturated carbocycles. The maximum Gasteiger partial charge on any atom is 0.408 e. The number of amides is 3. The minimum absolute atomic E-state index is 0.0217. The molecule has 3 N–H and O–H groups in total. The van der Waals surface area contributed by atoms with Crippen molar-refractivity contribution >= 4 is 17.9 Å². The highest BCUT2D eigenvalue weighted by atomic mass is 16.6. The number of phenols is 1. The van der Waals surface area contributed by atoms with Gasteiger partial charge in [-0.05, 0) is 57.9 Å². The van der Waals surface area contributed by atoms with Gasteiger partial charge in [0, 0.05) is 29.6 Å². The second-order valence-electron chi connectivity index (χ2n) is 10.2. The number of carbonyl (C=O) groups excluding carboxylic acids is 3. The smallest absolute Gasteiger partial charge is 0.408 e. The summed E-state index contributed by atoms with van der Waals surface area (Å²) in [5.74, 6) is 1.41. The Morgan fingerprint density at radius 2 is 1.69 bits per heavy atom. The molecule has 8 nitrogen and oxygen atoms in total. The van der Waals surface area contributed by atoms with Crippen LogP contribution in [0, 0.1) is 24.8 Å². The largest absolute Gasteiger partial charge is 0.508 e. The third-order valence-electron chi connectivity index (χ3n) is 5.77. The molecule has 3 amide bonds. The zero-order chi connectivity index (χ0) is 29.2. The number of nitrogens with one attached hydrogen (secondary N) is 2. The van der Waals surface area contributed by atoms with Gasteiger partial charge in [0.15, 0.2) is 0 Å². The lowest BCUT2D eigenvalue weighted by Gasteiger charge is -2.31. The van der Waals surface area contributed by atoms with Crippen LogP contribution in [-0.2, 0) is 20.7 Å². The van der Waals surface area contributed by atoms with Crippen LogP contribution >= 0.6 is 0 Å². The van der Waals surface area contributed by atoms with Crippen molar-refractivity contribution in [3.8, 4) is 30.6 Å². The summed E-state index contributed by atoms with van der Waals surface area (Å²) in [6, 6.07) is 12.7. The highest BCUT2D eigenvalue weighted by molar-refractivity contribution is 5.94. The molecule has 0 fully saturated rings. The molecule has 206 valence electrons. The van der Waals surface area contributed by atoms with Gasteiger partial charge in [0.25, 0.3) is 5.91 Å². The first kappa shape index (κ1) is 30.8. The quantitative estimate of drug-likeness (QED) is 0.313. The molecule has 8 heteroatoms. The summed E-state index contributed by atoms with van der Waals surface area (Å²) >= 11 is 0. The van der Waals surface area contributed by atoms with Crippen LogP contribution in [0.25, 0.3) is 0 Å². The number of phenolic OH excluding ortho intramolecular Hbond substituents is 1. The van der Waals surface area contributed by atoms with Crippen LogP contribution in [0.2, 0.25) is 0 Å². The Bertz CT molecular complexity index is 1230. The summed E-state index contributed by atoms with van der Waals surface area (Å²) < 4.78 is 5.38. The normalized spacial score (nSPS) is 13.1. The van der Waals surface area contributed by atoms with Crippen LogP contribution in [0.5, 0.6) is 5.75 Å². The van der Waals surface area contributed by atoms with E-state index in [1.807, 2.05) is 13.8 Å². The molecule has 3 unspecified atom stereocenters. The fourth-order valence-corrected chi connectivity index (χ4v) is 4.04. The number of rotatable bonds is 10. The fraction of sp³-hybridized carbons (Fsp3) is 0.387. The van der Waals surface area contributed by atoms with Crippen molar-refractivity contribution in [1.29, 1.82) is 0 Å². The van der Waals surface area contributed by atoms with E-state index >= 15 is 0 Å². The molecule has 0 aliphatic heterocycles. The van der Waals surface area contributed by atoms with Crippen LogP contribution < -0.4 is 10.6 Å². The van der Waals surface area contributed by atoms with Gasteiger partial charge in [-0.1, -0.05) is 56.0 Å². The van der Waals surface area contributed by atoms with Crippen LogP contribution in [0.3, 0.4) is 0 Å². The summed E-state index contributed by atoms with van der Waals surface area (Å²) in [5.41, 5.74) is 0.615. The number of alkyl carbamates (subject to hydrolysis) is 1. The zero-order valence-corrected chi connectivity index (χ0v) is 23.2. The minimum Gasteiger partial charge on any atom is -0.508 e. The van der Waals surface area contributed by atoms with Gasteiger partial charge >= 0.3 is 6.09 Å². The Balaban J connectivity index is 2.55. The van der Waals surface area contributed by atoms with Crippen molar-refractivity contribution in [3.05, 3.63) is 65.2 Å². The van der Waals surface area contributed by atoms with E-state index in [9.17, 15) is 19.5 Å². The molecular weight excluding hydrogens is 494 g/mol. The van der Waals surface area contributed by atoms with E-state index in [0.29, 0.717) is 16.7 Å². The van der Waals surface area contributed by atoms with Crippen molar-refractivity contribution in [2.45, 2.75) is 77.6 Å². The van der Waals surface area contributed by atoms with Gasteiger partial charge in [-0.3, -0.25) is 14.5 Å². The highest BCUT2D eigenvalue weighted by Gasteiger charge is 2.37. The van der Waals surface area contributed by atoms with E-state index in [1.165, 1.54) is 12.1 Å². The van der Waals surface area contributed by atoms with Gasteiger partial charge in [0.05, 0.1) is 0 Å². The molecule has 0 aliphatic carbocycles. The molecule has 2 aromatic carbocycles. The molecular formula is C31H37N3O5. The Labute approximate surface area is 231 Å². The SMILES string of the molecule is C#Cc1ccccc1C(C(=O)NC(C)CCC)N(C#C)C(=O)C(Cc1ccc(O)cc1)NC(=O)OC(C)(C)C. The molecule has 2 aromatic rings. The average Bonchev–Trinajstić information content (AvgIpc) is 2.86. The van der Waals surface area contributed by atoms with E-state index in [-0.39, 0.29) is 18.2 Å². The molecule has 39 heavy (non-hydrogen) atoms. The van der Waals surface area contributed by atoms with Crippen molar-refractivity contribution in [2.75, 3.05) is 0 Å². The monoisotopic (exact) mass is 531 g/mol. The molecule has 0 spiro atoms. The third kappa shape index (κ3) is 9.12. The van der Waals surface area contributed by atoms with Gasteiger partial charge in [0.2, 0.25) is 5.91 Å². The molecule has 0 aromatic heterocycles. The molecule has 3 atom stereocenters. The molecule has 0 saturated heterocycles. The highest BCUT2D eigenvalue weighted by Crippen LogP contribution is 2.26. The number of nitrogens with zero attached hydrogens (tertiary/aromatic N) is 1. The van der Waals surface area contributed by atoms with Crippen molar-refractivity contribution in [2.24, 2.45) is 0 Å². The first-order valence-corrected chi connectivity index (χ1v) is 12.8. The lowest BCUT2D eigenvalue weighted by molar-refractivity contribution is -0.138. The van der Waals surface area contributed by atoms with Gasteiger partial charge in [0.1, 0.15) is 23.4 Å². The van der Waals surface area contributed by atoms with E-state index in [0.717, 1.165) is 17.7 Å². The predicted octanol–water partition coefficient (Wildman–Crippen LogP) is 4.27. The number of aromatic hydroxyl groups is 1. The Morgan fingerprint density at radius 1 is 1.05 bits per heavy atom. The number of carbonyl (C=O) groups is 3. The summed E-state index contributed by atoms with van der Waals surface area (Å²) in [7, 11) is 0. The zero-order valence-electron chi connectivity index (χ0n) is 23.2. The van der Waals surface area contributed by atoms with Crippen molar-refractivity contribution in [1.82, 2.24) is 15.5 Å². The Hall–Kier alpha value is -4.43. The molecule has 0 radical (unpaired) electrons. The van der Waals surface area contributed by atoms with Crippen LogP contribution in [0.4, 0.5) is 4.79 Å². The second kappa shape index (κ2) is 13.9. The van der Waals surface area contributed by atoms with Gasteiger partial charge in [-0.2, -0.15) is 0 Å². The summed E-state index contributed by atoms with van der Waals surface area (Å²) in [5, 5.41) is 15.2. The first-order valence-electron chi connectivity index (χ1n) is 12.8. The maximum absolute atomic E-state index is 14.0. The van der Waals surface area contributed by atoms with Crippen LogP contribution in [0.1, 0.15) is 70.2 Å². The molecule has 2 rings (SSSR count). The summed E-state index contributed by atoms with van der Waals surface area (Å²) in [6.45, 7) is 8.97. The summed E-state index contributed by atoms with van der Waals surface area (Å²) in [4.78, 5) is 41.3. The average molecular weight is 532 g/mol. The third-order valence-corrected chi connectivity index (χ3v) is 5.77. The van der Waals surface area contributed by atoms with Crippen LogP contribution in [-0.4, -0.2) is 45.6 Å². The maximum atomic E-state index is 14.0. The summed E-state index contributed by atoms with van der Waals surface area (Å²) in [6.07, 6.45) is 12.4. The number of hydrogen-bond acceptors (Lipinski definition) is 5. The van der Waals surface area contributed by atoms with Gasteiger partial charge in [-0.25, -0.2) is 4.79 Å². The minimum atomic E-state index is -1.25. The standard InChI is InChI=1S/C31H37N3O5/c1-8-13-21(4)32-28(36)27(25-15-12-11-14-23(25)9-2)34(10-3)29(37)26(33-30(38)39-31(5,6)7)20-22-16-18-24(35)19-17-22/h2-3,11-12,14-19,21,26-27,35H,8,13,20H2,1,4-7H3,(H,32,36)(H,33,38). The lowest BCUT2D eigenvalue weighted by Crippen LogP contribution is -2.53. The number of terminal acetylenes is 2. The lowest BCUT2D eigenvalue weighted by atomic mass is 9.96. The topological polar surface area (TPSA) is 108 Å². The van der Waals surface area contributed by atoms with Crippen LogP contribution in [0.15, 0.2) is 48.5 Å². The number of hydrogen-bond donors (Lipinski definition) is 3. The van der Waals surface area contributed by atoms with Gasteiger partial charge < -0.3 is 20.5 Å². The predicted molar refractivity (Wildman–Crippen MR) is 150 cm³/mol. The van der Waals surface area contributed by atoms with E-state index < -0.39 is 35.6 Å². The van der Waals surface area contributed by atoms with E-state index in [4.69, 9.17) is 17.6 Å². The van der Waals surface area contributed by atoms with Crippen molar-refractivity contribution in [3.63, 3.8) is 0 Å². The number of benzene rings is 2. The Morgan fingerprint density at radius 3 is 2.26 bits per heavy atom. The van der Waals surface area contributed by atoms with E-state index in [1.54, 1.807) is 57.2 Å². The Kier molecular flexibility index (Phi) is 11.0. The number of ether oxygens (including phenoxy) is 1. The molecule has 0 aliphatic rings. The van der Waals surface area contributed by atoms with Gasteiger partial charge in [-0.15, -0.1) is 6.42 Å². The van der Waals surface area contributed by atoms with E-state index in [2.05, 4.69) is 22.6 Å². The first-order chi connectivity index (χ1) is 18.4. The molecule has 0 bridgehead atoms. The van der Waals surface area contributed by atoms with Crippen molar-refractivity contribution < 1.29 is 24.2 Å². The second-order valence-corrected chi connectivity index (χ2v) is 10.2. The molecule has 0 heterocycles. The fourth-order valence-electron chi connectivity index (χ4n) is 4.04.